The average molecular weight is 565 g/mol. The molecule has 2 aromatic carbocycles. The minimum atomic E-state index is -2.36. The molecule has 216 valence electrons. The van der Waals surface area contributed by atoms with E-state index in [1.807, 2.05) is 0 Å². The van der Waals surface area contributed by atoms with Gasteiger partial charge in [0.15, 0.2) is 34.9 Å². The summed E-state index contributed by atoms with van der Waals surface area (Å²) in [6.45, 7) is 3.32. The van der Waals surface area contributed by atoms with E-state index >= 15 is 0 Å². The lowest BCUT2D eigenvalue weighted by atomic mass is 9.79. The Hall–Kier alpha value is -2.65. The van der Waals surface area contributed by atoms with Gasteiger partial charge >= 0.3 is 5.97 Å². The van der Waals surface area contributed by atoms with Crippen molar-refractivity contribution in [2.24, 2.45) is 11.8 Å². The van der Waals surface area contributed by atoms with Crippen molar-refractivity contribution in [1.29, 1.82) is 0 Å². The van der Waals surface area contributed by atoms with E-state index in [0.717, 1.165) is 19.3 Å². The van der Waals surface area contributed by atoms with Crippen LogP contribution >= 0.6 is 0 Å². The average Bonchev–Trinajstić information content (AvgIpc) is 2.93. The molecule has 0 saturated heterocycles. The third-order valence-electron chi connectivity index (χ3n) is 7.53. The molecule has 0 heterocycles. The summed E-state index contributed by atoms with van der Waals surface area (Å²) in [7, 11) is 0. The molecule has 1 saturated carbocycles. The van der Waals surface area contributed by atoms with Gasteiger partial charge in [0, 0.05) is 5.56 Å². The molecule has 0 N–H and O–H groups in total. The van der Waals surface area contributed by atoms with E-state index in [0.29, 0.717) is 31.6 Å². The Kier molecular flexibility index (Phi) is 10.8. The van der Waals surface area contributed by atoms with Gasteiger partial charge in [-0.2, -0.15) is 8.78 Å². The number of hydrogen-bond donors (Lipinski definition) is 0. The fraction of sp³-hybridized carbons (Fsp3) is 0.552. The van der Waals surface area contributed by atoms with E-state index in [2.05, 4.69) is 11.7 Å². The van der Waals surface area contributed by atoms with Crippen LogP contribution in [0.3, 0.4) is 0 Å². The van der Waals surface area contributed by atoms with E-state index in [9.17, 15) is 39.9 Å². The van der Waals surface area contributed by atoms with Crippen molar-refractivity contribution >= 4 is 5.97 Å². The number of rotatable bonds is 11. The summed E-state index contributed by atoms with van der Waals surface area (Å²) in [6.07, 6.45) is 9.55. The minimum Gasteiger partial charge on any atom is -0.420 e. The lowest BCUT2D eigenvalue weighted by molar-refractivity contribution is -0.140. The van der Waals surface area contributed by atoms with Crippen LogP contribution in [0.15, 0.2) is 0 Å². The van der Waals surface area contributed by atoms with E-state index in [-0.39, 0.29) is 0 Å². The minimum absolute atomic E-state index is 0.365. The van der Waals surface area contributed by atoms with Crippen LogP contribution < -0.4 is 4.74 Å². The van der Waals surface area contributed by atoms with Gasteiger partial charge in [0.1, 0.15) is 0 Å². The van der Waals surface area contributed by atoms with Crippen LogP contribution in [-0.4, -0.2) is 5.97 Å². The van der Waals surface area contributed by atoms with Crippen LogP contribution in [0, 0.1) is 58.4 Å². The van der Waals surface area contributed by atoms with Gasteiger partial charge in [0.2, 0.25) is 17.4 Å². The van der Waals surface area contributed by atoms with E-state index in [1.165, 1.54) is 32.6 Å². The Bertz CT molecular complexity index is 1130. The van der Waals surface area contributed by atoms with Gasteiger partial charge in [-0.1, -0.05) is 58.8 Å². The molecule has 1 aliphatic carbocycles. The van der Waals surface area contributed by atoms with Gasteiger partial charge < -0.3 is 4.74 Å². The van der Waals surface area contributed by atoms with Crippen molar-refractivity contribution in [3.63, 3.8) is 0 Å². The van der Waals surface area contributed by atoms with Gasteiger partial charge in [-0.05, 0) is 38.0 Å². The molecule has 1 fully saturated rings. The maximum absolute atomic E-state index is 14.8. The van der Waals surface area contributed by atoms with Crippen molar-refractivity contribution < 1.29 is 44.7 Å². The molecule has 39 heavy (non-hydrogen) atoms. The van der Waals surface area contributed by atoms with Crippen LogP contribution in [0.1, 0.15) is 90.0 Å². The zero-order valence-electron chi connectivity index (χ0n) is 22.0. The molecule has 0 unspecified atom stereocenters. The molecule has 10 heteroatoms. The zero-order valence-corrected chi connectivity index (χ0v) is 22.0. The summed E-state index contributed by atoms with van der Waals surface area (Å²) in [5, 5.41) is 0. The van der Waals surface area contributed by atoms with Crippen molar-refractivity contribution in [3.05, 3.63) is 52.1 Å². The molecule has 1 aliphatic rings. The fourth-order valence-electron chi connectivity index (χ4n) is 5.21. The van der Waals surface area contributed by atoms with Crippen LogP contribution in [-0.2, 0) is 11.2 Å². The van der Waals surface area contributed by atoms with Gasteiger partial charge in [-0.15, -0.1) is 0 Å². The lowest BCUT2D eigenvalue weighted by Crippen LogP contribution is -2.26. The third kappa shape index (κ3) is 6.57. The first-order chi connectivity index (χ1) is 18.5. The van der Waals surface area contributed by atoms with Crippen molar-refractivity contribution in [1.82, 2.24) is 0 Å². The molecule has 0 amide bonds. The highest BCUT2D eigenvalue weighted by Gasteiger charge is 2.36. The summed E-state index contributed by atoms with van der Waals surface area (Å²) in [5.41, 5.74) is -4.98. The molecular weight excluding hydrogens is 532 g/mol. The Balaban J connectivity index is 1.75. The normalized spacial score (nSPS) is 17.5. The van der Waals surface area contributed by atoms with Crippen LogP contribution in [0.2, 0.25) is 0 Å². The van der Waals surface area contributed by atoms with Crippen LogP contribution in [0.25, 0.3) is 11.1 Å². The van der Waals surface area contributed by atoms with Gasteiger partial charge in [0.05, 0.1) is 17.0 Å². The number of unbranched alkanes of at least 4 members (excludes halogenated alkanes) is 5. The standard InChI is InChI=1S/C29H32F8O2/c1-3-5-6-7-8-9-10-15-11-13-16(14-12-15)29(38)39-28-26(36)24(34)19(25(35)27(28)37)18-22(32)20(30)17(4-2)21(31)23(18)33/h15-16H,3-14H2,1-2H3. The van der Waals surface area contributed by atoms with Gasteiger partial charge in [-0.3, -0.25) is 4.79 Å². The lowest BCUT2D eigenvalue weighted by Gasteiger charge is -2.27. The van der Waals surface area contributed by atoms with Gasteiger partial charge in [0.25, 0.3) is 0 Å². The quantitative estimate of drug-likeness (QED) is 0.0893. The summed E-state index contributed by atoms with van der Waals surface area (Å²) in [4.78, 5) is 12.6. The Morgan fingerprint density at radius 2 is 1.10 bits per heavy atom. The predicted molar refractivity (Wildman–Crippen MR) is 130 cm³/mol. The number of carbonyl (C=O) groups is 1. The second-order valence-electron chi connectivity index (χ2n) is 10.1. The molecular formula is C29H32F8O2. The Labute approximate surface area is 222 Å². The molecule has 0 aliphatic heterocycles. The van der Waals surface area contributed by atoms with Crippen LogP contribution in [0.5, 0.6) is 5.75 Å². The topological polar surface area (TPSA) is 26.3 Å². The summed E-state index contributed by atoms with van der Waals surface area (Å²) >= 11 is 0. The SMILES string of the molecule is CCCCCCCCC1CCC(C(=O)Oc2c(F)c(F)c(-c3c(F)c(F)c(CC)c(F)c3F)c(F)c2F)CC1. The highest BCUT2D eigenvalue weighted by atomic mass is 19.2. The van der Waals surface area contributed by atoms with Gasteiger partial charge in [-0.25, -0.2) is 26.3 Å². The molecule has 2 nitrogen and oxygen atoms in total. The molecule has 0 aromatic heterocycles. The molecule has 0 radical (unpaired) electrons. The highest BCUT2D eigenvalue weighted by Crippen LogP contribution is 2.41. The first kappa shape index (κ1) is 30.9. The Morgan fingerprint density at radius 1 is 0.641 bits per heavy atom. The fourth-order valence-corrected chi connectivity index (χ4v) is 5.21. The Morgan fingerprint density at radius 3 is 1.59 bits per heavy atom. The van der Waals surface area contributed by atoms with Crippen molar-refractivity contribution in [3.8, 4) is 16.9 Å². The predicted octanol–water partition coefficient (Wildman–Crippen LogP) is 9.49. The number of esters is 1. The van der Waals surface area contributed by atoms with Crippen molar-refractivity contribution in [2.75, 3.05) is 0 Å². The van der Waals surface area contributed by atoms with E-state index in [4.69, 9.17) is 0 Å². The summed E-state index contributed by atoms with van der Waals surface area (Å²) in [6, 6.07) is 0. The maximum atomic E-state index is 14.8. The third-order valence-corrected chi connectivity index (χ3v) is 7.53. The molecule has 0 spiro atoms. The molecule has 2 aromatic rings. The van der Waals surface area contributed by atoms with E-state index in [1.54, 1.807) is 0 Å². The molecule has 0 atom stereocenters. The number of benzene rings is 2. The first-order valence-electron chi connectivity index (χ1n) is 13.5. The molecule has 3 rings (SSSR count). The number of halogens is 8. The number of hydrogen-bond acceptors (Lipinski definition) is 2. The summed E-state index contributed by atoms with van der Waals surface area (Å²) < 4.78 is 121. The monoisotopic (exact) mass is 564 g/mol. The molecule has 0 bridgehead atoms. The maximum Gasteiger partial charge on any atom is 0.314 e. The number of ether oxygens (including phenoxy) is 1. The number of carbonyl (C=O) groups excluding carboxylic acids is 1. The first-order valence-corrected chi connectivity index (χ1v) is 13.5. The van der Waals surface area contributed by atoms with E-state index < -0.39 is 87.3 Å². The van der Waals surface area contributed by atoms with Crippen LogP contribution in [0.4, 0.5) is 35.1 Å². The van der Waals surface area contributed by atoms with Crippen molar-refractivity contribution in [2.45, 2.75) is 90.9 Å². The zero-order chi connectivity index (χ0) is 28.9. The second kappa shape index (κ2) is 13.6. The smallest absolute Gasteiger partial charge is 0.314 e. The largest absolute Gasteiger partial charge is 0.420 e. The summed E-state index contributed by atoms with van der Waals surface area (Å²) in [5.74, 6) is -20.7. The second-order valence-corrected chi connectivity index (χ2v) is 10.1. The highest BCUT2D eigenvalue weighted by molar-refractivity contribution is 5.76.